The van der Waals surface area contributed by atoms with Crippen molar-refractivity contribution in [2.45, 2.75) is 26.7 Å². The largest absolute Gasteiger partial charge is 0.493 e. The molecule has 1 heterocycles. The van der Waals surface area contributed by atoms with Crippen LogP contribution in [0.4, 0.5) is 0 Å². The monoisotopic (exact) mass is 371 g/mol. The summed E-state index contributed by atoms with van der Waals surface area (Å²) >= 11 is 2.87. The zero-order valence-electron chi connectivity index (χ0n) is 14.5. The van der Waals surface area contributed by atoms with Crippen molar-refractivity contribution in [3.05, 3.63) is 47.7 Å². The highest BCUT2D eigenvalue weighted by Gasteiger charge is 2.23. The second-order valence-electron chi connectivity index (χ2n) is 5.69. The van der Waals surface area contributed by atoms with E-state index in [1.807, 2.05) is 24.3 Å². The molecule has 0 unspecified atom stereocenters. The van der Waals surface area contributed by atoms with Gasteiger partial charge in [0, 0.05) is 5.56 Å². The Morgan fingerprint density at radius 3 is 2.80 bits per heavy atom. The molecule has 1 aliphatic heterocycles. The quantitative estimate of drug-likeness (QED) is 0.607. The number of benzene rings is 2. The maximum absolute atomic E-state index is 12.3. The van der Waals surface area contributed by atoms with E-state index in [0.717, 1.165) is 45.1 Å². The molecule has 0 fully saturated rings. The third-order valence-electron chi connectivity index (χ3n) is 3.70. The van der Waals surface area contributed by atoms with Crippen molar-refractivity contribution in [3.63, 3.8) is 0 Å². The summed E-state index contributed by atoms with van der Waals surface area (Å²) in [5, 5.41) is 2.21. The Bertz CT molecular complexity index is 843. The van der Waals surface area contributed by atoms with Crippen LogP contribution in [0.1, 0.15) is 32.3 Å². The van der Waals surface area contributed by atoms with Crippen LogP contribution in [0, 0.1) is 0 Å². The van der Waals surface area contributed by atoms with Crippen LogP contribution in [0.15, 0.2) is 47.1 Å². The molecule has 0 radical (unpaired) electrons. The standard InChI is InChI=1S/C20H21NO2S2/c1-3-11-23-18-10-9-14-7-5-6-8-15(14)16(18)13-17-19(22)25-20(21-17)24-12-4-2/h5-10,13H,3-4,11-12H2,1-2H3/b17-13-. The van der Waals surface area contributed by atoms with Gasteiger partial charge in [-0.05, 0) is 53.3 Å². The molecule has 2 aromatic carbocycles. The minimum Gasteiger partial charge on any atom is -0.493 e. The third kappa shape index (κ3) is 4.28. The Balaban J connectivity index is 2.04. The van der Waals surface area contributed by atoms with Crippen LogP contribution in [0.3, 0.4) is 0 Å². The molecule has 0 aliphatic carbocycles. The number of fused-ring (bicyclic) bond motifs is 1. The molecule has 0 saturated carbocycles. The summed E-state index contributed by atoms with van der Waals surface area (Å²) in [5.41, 5.74) is 1.43. The highest BCUT2D eigenvalue weighted by molar-refractivity contribution is 8.45. The zero-order chi connectivity index (χ0) is 17.6. The Morgan fingerprint density at radius 2 is 2.00 bits per heavy atom. The maximum Gasteiger partial charge on any atom is 0.244 e. The molecule has 3 rings (SSSR count). The van der Waals surface area contributed by atoms with Gasteiger partial charge in [0.25, 0.3) is 0 Å². The lowest BCUT2D eigenvalue weighted by Gasteiger charge is -2.11. The van der Waals surface area contributed by atoms with E-state index in [-0.39, 0.29) is 5.12 Å². The van der Waals surface area contributed by atoms with Crippen LogP contribution >= 0.6 is 23.5 Å². The van der Waals surface area contributed by atoms with E-state index in [2.05, 4.69) is 37.0 Å². The fourth-order valence-electron chi connectivity index (χ4n) is 2.54. The second-order valence-corrected chi connectivity index (χ2v) is 8.00. The summed E-state index contributed by atoms with van der Waals surface area (Å²) in [6.07, 6.45) is 3.88. The molecule has 0 atom stereocenters. The summed E-state index contributed by atoms with van der Waals surface area (Å²) in [6.45, 7) is 4.86. The van der Waals surface area contributed by atoms with Crippen molar-refractivity contribution in [2.24, 2.45) is 4.99 Å². The van der Waals surface area contributed by atoms with Crippen LogP contribution in [0.25, 0.3) is 16.8 Å². The number of aliphatic imine (C=N–C) groups is 1. The molecule has 0 aromatic heterocycles. The van der Waals surface area contributed by atoms with Crippen LogP contribution < -0.4 is 4.74 Å². The molecule has 2 aromatic rings. The third-order valence-corrected chi connectivity index (χ3v) is 5.92. The Hall–Kier alpha value is -1.72. The molecular formula is C20H21NO2S2. The molecule has 0 amide bonds. The number of ether oxygens (including phenoxy) is 1. The first-order valence-corrected chi connectivity index (χ1v) is 10.3. The highest BCUT2D eigenvalue weighted by Crippen LogP contribution is 2.35. The van der Waals surface area contributed by atoms with Gasteiger partial charge in [0.1, 0.15) is 15.8 Å². The predicted molar refractivity (Wildman–Crippen MR) is 110 cm³/mol. The Labute approximate surface area is 156 Å². The van der Waals surface area contributed by atoms with Crippen LogP contribution in [-0.2, 0) is 4.79 Å². The number of nitrogens with zero attached hydrogens (tertiary/aromatic N) is 1. The van der Waals surface area contributed by atoms with Gasteiger partial charge in [-0.2, -0.15) is 0 Å². The van der Waals surface area contributed by atoms with Gasteiger partial charge in [-0.1, -0.05) is 55.9 Å². The zero-order valence-corrected chi connectivity index (χ0v) is 16.1. The average molecular weight is 372 g/mol. The first-order chi connectivity index (χ1) is 12.2. The van der Waals surface area contributed by atoms with Crippen molar-refractivity contribution >= 4 is 49.9 Å². The molecule has 0 bridgehead atoms. The summed E-state index contributed by atoms with van der Waals surface area (Å²) in [4.78, 5) is 16.9. The van der Waals surface area contributed by atoms with Crippen LogP contribution in [-0.4, -0.2) is 21.9 Å². The summed E-state index contributed by atoms with van der Waals surface area (Å²) in [6, 6.07) is 12.2. The lowest BCUT2D eigenvalue weighted by molar-refractivity contribution is -0.107. The summed E-state index contributed by atoms with van der Waals surface area (Å²) in [5.74, 6) is 1.78. The van der Waals surface area contributed by atoms with E-state index in [1.165, 1.54) is 11.8 Å². The van der Waals surface area contributed by atoms with Gasteiger partial charge in [0.15, 0.2) is 0 Å². The SMILES string of the molecule is CCCOc1ccc2ccccc2c1/C=C1\N=C(SCCC)SC1=O. The van der Waals surface area contributed by atoms with Crippen molar-refractivity contribution in [1.29, 1.82) is 0 Å². The van der Waals surface area contributed by atoms with Crippen molar-refractivity contribution in [3.8, 4) is 5.75 Å². The number of carbonyl (C=O) groups is 1. The number of rotatable bonds is 6. The first kappa shape index (κ1) is 18.1. The van der Waals surface area contributed by atoms with E-state index in [1.54, 1.807) is 11.8 Å². The molecule has 0 spiro atoms. The highest BCUT2D eigenvalue weighted by atomic mass is 32.2. The first-order valence-electron chi connectivity index (χ1n) is 8.52. The molecule has 25 heavy (non-hydrogen) atoms. The topological polar surface area (TPSA) is 38.7 Å². The van der Waals surface area contributed by atoms with E-state index < -0.39 is 0 Å². The molecule has 5 heteroatoms. The van der Waals surface area contributed by atoms with Gasteiger partial charge in [-0.3, -0.25) is 4.79 Å². The Morgan fingerprint density at radius 1 is 1.16 bits per heavy atom. The van der Waals surface area contributed by atoms with Gasteiger partial charge in [-0.25, -0.2) is 4.99 Å². The maximum atomic E-state index is 12.3. The number of hydrogen-bond donors (Lipinski definition) is 0. The smallest absolute Gasteiger partial charge is 0.244 e. The van der Waals surface area contributed by atoms with E-state index in [9.17, 15) is 4.79 Å². The predicted octanol–water partition coefficient (Wildman–Crippen LogP) is 5.74. The fourth-order valence-corrected chi connectivity index (χ4v) is 4.31. The van der Waals surface area contributed by atoms with Gasteiger partial charge < -0.3 is 4.74 Å². The molecule has 3 nitrogen and oxygen atoms in total. The number of carbonyl (C=O) groups excluding carboxylic acids is 1. The van der Waals surface area contributed by atoms with Gasteiger partial charge in [0.2, 0.25) is 5.12 Å². The van der Waals surface area contributed by atoms with Crippen LogP contribution in [0.2, 0.25) is 0 Å². The van der Waals surface area contributed by atoms with E-state index in [4.69, 9.17) is 4.74 Å². The molecule has 1 aliphatic rings. The molecule has 0 saturated heterocycles. The number of thioether (sulfide) groups is 2. The van der Waals surface area contributed by atoms with Gasteiger partial charge in [-0.15, -0.1) is 0 Å². The summed E-state index contributed by atoms with van der Waals surface area (Å²) < 4.78 is 6.76. The minimum absolute atomic E-state index is 0.00739. The fraction of sp³-hybridized carbons (Fsp3) is 0.300. The summed E-state index contributed by atoms with van der Waals surface area (Å²) in [7, 11) is 0. The molecule has 0 N–H and O–H groups in total. The van der Waals surface area contributed by atoms with Gasteiger partial charge in [0.05, 0.1) is 6.61 Å². The number of hydrogen-bond acceptors (Lipinski definition) is 5. The molecular weight excluding hydrogens is 350 g/mol. The van der Waals surface area contributed by atoms with E-state index >= 15 is 0 Å². The van der Waals surface area contributed by atoms with Crippen molar-refractivity contribution in [2.75, 3.05) is 12.4 Å². The van der Waals surface area contributed by atoms with E-state index in [0.29, 0.717) is 12.3 Å². The minimum atomic E-state index is 0.00739. The van der Waals surface area contributed by atoms with Crippen molar-refractivity contribution < 1.29 is 9.53 Å². The Kier molecular flexibility index (Phi) is 6.21. The normalized spacial score (nSPS) is 15.8. The lowest BCUT2D eigenvalue weighted by Crippen LogP contribution is -1.98. The average Bonchev–Trinajstić information content (AvgIpc) is 2.99. The second kappa shape index (κ2) is 8.59. The van der Waals surface area contributed by atoms with Crippen LogP contribution in [0.5, 0.6) is 5.75 Å². The lowest BCUT2D eigenvalue weighted by atomic mass is 10.0. The molecule has 130 valence electrons. The van der Waals surface area contributed by atoms with Crippen molar-refractivity contribution in [1.82, 2.24) is 0 Å². The van der Waals surface area contributed by atoms with Gasteiger partial charge >= 0.3 is 0 Å².